The van der Waals surface area contributed by atoms with Crippen LogP contribution in [-0.4, -0.2) is 18.1 Å². The van der Waals surface area contributed by atoms with E-state index in [1.165, 1.54) is 43.1 Å². The summed E-state index contributed by atoms with van der Waals surface area (Å²) in [5.41, 5.74) is 1.27. The second-order valence-electron chi connectivity index (χ2n) is 4.72. The molecule has 2 heterocycles. The Morgan fingerprint density at radius 3 is 2.80 bits per heavy atom. The highest BCUT2D eigenvalue weighted by atomic mass is 32.1. The number of thiazole rings is 1. The van der Waals surface area contributed by atoms with Crippen LogP contribution in [0.15, 0.2) is 5.38 Å². The van der Waals surface area contributed by atoms with E-state index in [9.17, 15) is 0 Å². The van der Waals surface area contributed by atoms with Gasteiger partial charge >= 0.3 is 0 Å². The van der Waals surface area contributed by atoms with Gasteiger partial charge in [0.15, 0.2) is 0 Å². The minimum absolute atomic E-state index is 0.572. The van der Waals surface area contributed by atoms with Gasteiger partial charge in [0, 0.05) is 11.8 Å². The fourth-order valence-corrected chi connectivity index (χ4v) is 3.09. The number of piperidine rings is 1. The van der Waals surface area contributed by atoms with Crippen LogP contribution in [0.4, 0.5) is 0 Å². The molecule has 0 amide bonds. The second-order valence-corrected chi connectivity index (χ2v) is 5.66. The first-order valence-electron chi connectivity index (χ1n) is 5.90. The van der Waals surface area contributed by atoms with Crippen molar-refractivity contribution in [2.75, 3.05) is 13.1 Å². The summed E-state index contributed by atoms with van der Waals surface area (Å²) in [6, 6.07) is 0. The van der Waals surface area contributed by atoms with E-state index in [-0.39, 0.29) is 0 Å². The third-order valence-corrected chi connectivity index (χ3v) is 3.97. The molecule has 1 aliphatic heterocycles. The Morgan fingerprint density at radius 1 is 1.47 bits per heavy atom. The molecule has 2 rings (SSSR count). The standard InChI is InChI=1S/C12H20N2S/c1-9(2)11-8-15-12(14-11)7-10-3-5-13-6-4-10/h8-10,13H,3-7H2,1-2H3. The van der Waals surface area contributed by atoms with Crippen LogP contribution in [0.3, 0.4) is 0 Å². The lowest BCUT2D eigenvalue weighted by Gasteiger charge is -2.21. The predicted octanol–water partition coefficient (Wildman–Crippen LogP) is 2.81. The lowest BCUT2D eigenvalue weighted by molar-refractivity contribution is 0.372. The molecule has 84 valence electrons. The first kappa shape index (κ1) is 11.1. The van der Waals surface area contributed by atoms with Crippen molar-refractivity contribution < 1.29 is 0 Å². The van der Waals surface area contributed by atoms with Gasteiger partial charge in [-0.25, -0.2) is 4.98 Å². The van der Waals surface area contributed by atoms with Gasteiger partial charge in [0.25, 0.3) is 0 Å². The zero-order valence-electron chi connectivity index (χ0n) is 9.62. The van der Waals surface area contributed by atoms with Gasteiger partial charge in [-0.15, -0.1) is 11.3 Å². The highest BCUT2D eigenvalue weighted by Gasteiger charge is 2.15. The number of nitrogens with zero attached hydrogens (tertiary/aromatic N) is 1. The molecule has 15 heavy (non-hydrogen) atoms. The second kappa shape index (κ2) is 5.08. The Kier molecular flexibility index (Phi) is 3.76. The predicted molar refractivity (Wildman–Crippen MR) is 65.5 cm³/mol. The van der Waals surface area contributed by atoms with Gasteiger partial charge in [-0.3, -0.25) is 0 Å². The molecule has 0 spiro atoms. The van der Waals surface area contributed by atoms with Crippen molar-refractivity contribution in [3.8, 4) is 0 Å². The fourth-order valence-electron chi connectivity index (χ4n) is 2.02. The highest BCUT2D eigenvalue weighted by molar-refractivity contribution is 7.09. The Hall–Kier alpha value is -0.410. The Labute approximate surface area is 96.1 Å². The molecule has 0 aromatic carbocycles. The molecule has 0 saturated carbocycles. The van der Waals surface area contributed by atoms with Crippen LogP contribution in [0.2, 0.25) is 0 Å². The van der Waals surface area contributed by atoms with Crippen molar-refractivity contribution in [2.45, 2.75) is 39.0 Å². The highest BCUT2D eigenvalue weighted by Crippen LogP contribution is 2.23. The van der Waals surface area contributed by atoms with Crippen LogP contribution in [0.1, 0.15) is 43.3 Å². The van der Waals surface area contributed by atoms with E-state index < -0.39 is 0 Å². The molecule has 0 bridgehead atoms. The molecular weight excluding hydrogens is 204 g/mol. The molecule has 1 aromatic rings. The number of hydrogen-bond acceptors (Lipinski definition) is 3. The van der Waals surface area contributed by atoms with Crippen molar-refractivity contribution in [1.82, 2.24) is 10.3 Å². The molecule has 1 fully saturated rings. The summed E-state index contributed by atoms with van der Waals surface area (Å²) in [5, 5.41) is 6.97. The van der Waals surface area contributed by atoms with E-state index in [2.05, 4.69) is 24.5 Å². The summed E-state index contributed by atoms with van der Waals surface area (Å²) in [4.78, 5) is 4.70. The van der Waals surface area contributed by atoms with E-state index in [0.717, 1.165) is 5.92 Å². The van der Waals surface area contributed by atoms with Crippen molar-refractivity contribution in [1.29, 1.82) is 0 Å². The average Bonchev–Trinajstić information content (AvgIpc) is 2.68. The van der Waals surface area contributed by atoms with Gasteiger partial charge < -0.3 is 5.32 Å². The maximum absolute atomic E-state index is 4.70. The van der Waals surface area contributed by atoms with Crippen molar-refractivity contribution in [2.24, 2.45) is 5.92 Å². The first-order valence-corrected chi connectivity index (χ1v) is 6.78. The molecular formula is C12H20N2S. The van der Waals surface area contributed by atoms with Crippen LogP contribution < -0.4 is 5.32 Å². The lowest BCUT2D eigenvalue weighted by Crippen LogP contribution is -2.28. The molecule has 1 N–H and O–H groups in total. The number of hydrogen-bond donors (Lipinski definition) is 1. The van der Waals surface area contributed by atoms with E-state index >= 15 is 0 Å². The van der Waals surface area contributed by atoms with Crippen LogP contribution >= 0.6 is 11.3 Å². The molecule has 3 heteroatoms. The fraction of sp³-hybridized carbons (Fsp3) is 0.750. The molecule has 1 saturated heterocycles. The maximum Gasteiger partial charge on any atom is 0.0931 e. The number of rotatable bonds is 3. The Bertz CT molecular complexity index is 300. The first-order chi connectivity index (χ1) is 7.25. The van der Waals surface area contributed by atoms with Gasteiger partial charge in [0.1, 0.15) is 0 Å². The molecule has 1 aliphatic rings. The zero-order valence-corrected chi connectivity index (χ0v) is 10.4. The summed E-state index contributed by atoms with van der Waals surface area (Å²) in [6.45, 7) is 6.80. The average molecular weight is 224 g/mol. The largest absolute Gasteiger partial charge is 0.317 e. The monoisotopic (exact) mass is 224 g/mol. The SMILES string of the molecule is CC(C)c1csc(CC2CCNCC2)n1. The van der Waals surface area contributed by atoms with Crippen molar-refractivity contribution in [3.05, 3.63) is 16.1 Å². The molecule has 2 nitrogen and oxygen atoms in total. The quantitative estimate of drug-likeness (QED) is 0.854. The smallest absolute Gasteiger partial charge is 0.0931 e. The molecule has 0 aliphatic carbocycles. The minimum Gasteiger partial charge on any atom is -0.317 e. The van der Waals surface area contributed by atoms with Gasteiger partial charge in [0.2, 0.25) is 0 Å². The van der Waals surface area contributed by atoms with Gasteiger partial charge in [-0.2, -0.15) is 0 Å². The number of aromatic nitrogens is 1. The van der Waals surface area contributed by atoms with E-state index in [1.807, 2.05) is 11.3 Å². The van der Waals surface area contributed by atoms with Crippen LogP contribution in [0, 0.1) is 5.92 Å². The molecule has 0 atom stereocenters. The minimum atomic E-state index is 0.572. The van der Waals surface area contributed by atoms with Gasteiger partial charge in [-0.1, -0.05) is 13.8 Å². The van der Waals surface area contributed by atoms with Gasteiger partial charge in [-0.05, 0) is 37.8 Å². The third kappa shape index (κ3) is 3.02. The summed E-state index contributed by atoms with van der Waals surface area (Å²) in [6.07, 6.45) is 3.83. The molecule has 1 aromatic heterocycles. The Morgan fingerprint density at radius 2 is 2.20 bits per heavy atom. The van der Waals surface area contributed by atoms with Crippen molar-refractivity contribution in [3.63, 3.8) is 0 Å². The topological polar surface area (TPSA) is 24.9 Å². The van der Waals surface area contributed by atoms with E-state index in [1.54, 1.807) is 0 Å². The summed E-state index contributed by atoms with van der Waals surface area (Å²) in [5.74, 6) is 1.43. The van der Waals surface area contributed by atoms with E-state index in [0.29, 0.717) is 5.92 Å². The van der Waals surface area contributed by atoms with Crippen molar-refractivity contribution >= 4 is 11.3 Å². The normalized spacial score (nSPS) is 18.6. The summed E-state index contributed by atoms with van der Waals surface area (Å²) >= 11 is 1.84. The summed E-state index contributed by atoms with van der Waals surface area (Å²) in [7, 11) is 0. The summed E-state index contributed by atoms with van der Waals surface area (Å²) < 4.78 is 0. The maximum atomic E-state index is 4.70. The number of nitrogens with one attached hydrogen (secondary N) is 1. The van der Waals surface area contributed by atoms with Crippen LogP contribution in [0.5, 0.6) is 0 Å². The van der Waals surface area contributed by atoms with E-state index in [4.69, 9.17) is 4.98 Å². The molecule has 0 radical (unpaired) electrons. The van der Waals surface area contributed by atoms with Crippen LogP contribution in [-0.2, 0) is 6.42 Å². The molecule has 0 unspecified atom stereocenters. The zero-order chi connectivity index (χ0) is 10.7. The lowest BCUT2D eigenvalue weighted by atomic mass is 9.95. The Balaban J connectivity index is 1.91. The van der Waals surface area contributed by atoms with Gasteiger partial charge in [0.05, 0.1) is 10.7 Å². The third-order valence-electron chi connectivity index (χ3n) is 3.08. The van der Waals surface area contributed by atoms with Crippen LogP contribution in [0.25, 0.3) is 0 Å².